The second-order valence-corrected chi connectivity index (χ2v) is 11.2. The molecule has 208 valence electrons. The maximum Gasteiger partial charge on any atom is 0.322 e. The van der Waals surface area contributed by atoms with Gasteiger partial charge in [-0.2, -0.15) is 0 Å². The third kappa shape index (κ3) is 6.20. The first-order chi connectivity index (χ1) is 19.1. The fourth-order valence-electron chi connectivity index (χ4n) is 6.23. The first-order valence-electron chi connectivity index (χ1n) is 14.5. The number of halogens is 1. The molecule has 3 heterocycles. The summed E-state index contributed by atoms with van der Waals surface area (Å²) in [6, 6.07) is 13.5. The Morgan fingerprint density at radius 1 is 1.05 bits per heavy atom. The Labute approximate surface area is 229 Å². The zero-order valence-electron chi connectivity index (χ0n) is 22.6. The van der Waals surface area contributed by atoms with E-state index in [4.69, 9.17) is 9.72 Å². The van der Waals surface area contributed by atoms with Crippen molar-refractivity contribution < 1.29 is 13.9 Å². The normalized spacial score (nSPS) is 19.6. The number of morpholine rings is 1. The molecule has 3 aromatic rings. The number of hydrogen-bond donors (Lipinski definition) is 2. The lowest BCUT2D eigenvalue weighted by atomic mass is 9.96. The number of piperidine rings is 1. The molecule has 0 spiro atoms. The lowest BCUT2D eigenvalue weighted by Crippen LogP contribution is -2.47. The molecule has 1 aliphatic carbocycles. The van der Waals surface area contributed by atoms with E-state index >= 15 is 4.39 Å². The van der Waals surface area contributed by atoms with E-state index in [-0.39, 0.29) is 17.9 Å². The standard InChI is InChI=1S/C30H39FN6O2/c31-25-19-24(9-10-28(25)36-15-17-39-18-16-36)37(30(38)32-23-5-1-2-6-23)20-22-11-13-35(14-12-22)21-29-33-26-7-3-4-8-27(26)34-29/h3-4,7-10,19,22-23H,1-2,5-6,11-18,20-21H2,(H,32,38)(H,33,34). The van der Waals surface area contributed by atoms with Crippen molar-refractivity contribution in [3.63, 3.8) is 0 Å². The van der Waals surface area contributed by atoms with Crippen LogP contribution in [0.15, 0.2) is 42.5 Å². The molecular weight excluding hydrogens is 495 g/mol. The number of carbonyl (C=O) groups is 1. The second kappa shape index (κ2) is 11.9. The highest BCUT2D eigenvalue weighted by Crippen LogP contribution is 2.29. The van der Waals surface area contributed by atoms with Crippen LogP contribution in [0.2, 0.25) is 0 Å². The Bertz CT molecular complexity index is 1230. The summed E-state index contributed by atoms with van der Waals surface area (Å²) in [7, 11) is 0. The van der Waals surface area contributed by atoms with E-state index < -0.39 is 0 Å². The van der Waals surface area contributed by atoms with Gasteiger partial charge in [0.15, 0.2) is 0 Å². The van der Waals surface area contributed by atoms with Crippen LogP contribution in [0, 0.1) is 11.7 Å². The summed E-state index contributed by atoms with van der Waals surface area (Å²) in [6.45, 7) is 5.84. The number of benzene rings is 2. The molecule has 2 aliphatic heterocycles. The van der Waals surface area contributed by atoms with Gasteiger partial charge < -0.3 is 19.9 Å². The molecule has 9 heteroatoms. The van der Waals surface area contributed by atoms with Crippen molar-refractivity contribution in [2.24, 2.45) is 5.92 Å². The van der Waals surface area contributed by atoms with Gasteiger partial charge in [0.2, 0.25) is 0 Å². The minimum absolute atomic E-state index is 0.106. The van der Waals surface area contributed by atoms with E-state index in [1.807, 2.05) is 35.2 Å². The van der Waals surface area contributed by atoms with Gasteiger partial charge in [-0.05, 0) is 75.0 Å². The number of anilines is 2. The number of hydrogen-bond acceptors (Lipinski definition) is 5. The maximum atomic E-state index is 15.3. The lowest BCUT2D eigenvalue weighted by Gasteiger charge is -2.35. The quantitative estimate of drug-likeness (QED) is 0.451. The van der Waals surface area contributed by atoms with E-state index in [1.165, 1.54) is 6.07 Å². The van der Waals surface area contributed by atoms with Gasteiger partial charge in [0.05, 0.1) is 36.5 Å². The fourth-order valence-corrected chi connectivity index (χ4v) is 6.23. The number of para-hydroxylation sites is 2. The molecule has 0 bridgehead atoms. The predicted octanol–water partition coefficient (Wildman–Crippen LogP) is 4.91. The molecule has 0 radical (unpaired) electrons. The Kier molecular flexibility index (Phi) is 7.97. The van der Waals surface area contributed by atoms with Crippen molar-refractivity contribution in [1.82, 2.24) is 20.2 Å². The van der Waals surface area contributed by atoms with Gasteiger partial charge in [-0.3, -0.25) is 9.80 Å². The largest absolute Gasteiger partial charge is 0.378 e. The highest BCUT2D eigenvalue weighted by Gasteiger charge is 2.28. The number of nitrogens with one attached hydrogen (secondary N) is 2. The minimum Gasteiger partial charge on any atom is -0.378 e. The van der Waals surface area contributed by atoms with Gasteiger partial charge in [0, 0.05) is 31.4 Å². The third-order valence-corrected chi connectivity index (χ3v) is 8.48. The smallest absolute Gasteiger partial charge is 0.322 e. The van der Waals surface area contributed by atoms with Crippen molar-refractivity contribution in [2.45, 2.75) is 51.1 Å². The molecule has 6 rings (SSSR count). The predicted molar refractivity (Wildman–Crippen MR) is 152 cm³/mol. The number of amides is 2. The zero-order valence-corrected chi connectivity index (χ0v) is 22.6. The monoisotopic (exact) mass is 534 g/mol. The van der Waals surface area contributed by atoms with Gasteiger partial charge >= 0.3 is 6.03 Å². The van der Waals surface area contributed by atoms with Gasteiger partial charge in [0.25, 0.3) is 0 Å². The third-order valence-electron chi connectivity index (χ3n) is 8.48. The minimum atomic E-state index is -0.284. The van der Waals surface area contributed by atoms with Crippen molar-refractivity contribution in [3.05, 3.63) is 54.1 Å². The van der Waals surface area contributed by atoms with Crippen LogP contribution >= 0.6 is 0 Å². The zero-order chi connectivity index (χ0) is 26.6. The number of urea groups is 1. The van der Waals surface area contributed by atoms with Crippen molar-refractivity contribution in [1.29, 1.82) is 0 Å². The number of aromatic nitrogens is 2. The van der Waals surface area contributed by atoms with Crippen molar-refractivity contribution in [3.8, 4) is 0 Å². The topological polar surface area (TPSA) is 76.7 Å². The highest BCUT2D eigenvalue weighted by atomic mass is 19.1. The van der Waals surface area contributed by atoms with Crippen LogP contribution in [0.4, 0.5) is 20.6 Å². The second-order valence-electron chi connectivity index (χ2n) is 11.2. The summed E-state index contributed by atoms with van der Waals surface area (Å²) in [6.07, 6.45) is 6.31. The molecule has 8 nitrogen and oxygen atoms in total. The van der Waals surface area contributed by atoms with Crippen LogP contribution < -0.4 is 15.1 Å². The van der Waals surface area contributed by atoms with E-state index in [2.05, 4.69) is 21.3 Å². The molecule has 2 N–H and O–H groups in total. The highest BCUT2D eigenvalue weighted by molar-refractivity contribution is 5.92. The molecule has 3 fully saturated rings. The van der Waals surface area contributed by atoms with Gasteiger partial charge in [-0.1, -0.05) is 25.0 Å². The van der Waals surface area contributed by atoms with Crippen LogP contribution in [-0.4, -0.2) is 72.9 Å². The molecule has 2 aromatic carbocycles. The first-order valence-corrected chi connectivity index (χ1v) is 14.5. The van der Waals surface area contributed by atoms with Crippen LogP contribution in [-0.2, 0) is 11.3 Å². The number of H-pyrrole nitrogens is 1. The molecule has 0 unspecified atom stereocenters. The Hall–Kier alpha value is -3.17. The Morgan fingerprint density at radius 2 is 1.82 bits per heavy atom. The number of likely N-dealkylation sites (tertiary alicyclic amines) is 1. The van der Waals surface area contributed by atoms with Crippen molar-refractivity contribution in [2.75, 3.05) is 55.7 Å². The number of ether oxygens (including phenoxy) is 1. The summed E-state index contributed by atoms with van der Waals surface area (Å²) in [4.78, 5) is 27.9. The molecule has 1 aromatic heterocycles. The van der Waals surface area contributed by atoms with Gasteiger partial charge in [-0.15, -0.1) is 0 Å². The van der Waals surface area contributed by atoms with E-state index in [9.17, 15) is 4.79 Å². The molecule has 2 amide bonds. The molecular formula is C30H39FN6O2. The number of rotatable bonds is 7. The molecule has 39 heavy (non-hydrogen) atoms. The van der Waals surface area contributed by atoms with E-state index in [0.29, 0.717) is 50.1 Å². The molecule has 3 aliphatic rings. The number of carbonyl (C=O) groups excluding carboxylic acids is 1. The summed E-state index contributed by atoms with van der Waals surface area (Å²) in [5.74, 6) is 1.06. The van der Waals surface area contributed by atoms with Crippen LogP contribution in [0.1, 0.15) is 44.3 Å². The van der Waals surface area contributed by atoms with Crippen LogP contribution in [0.3, 0.4) is 0 Å². The Morgan fingerprint density at radius 3 is 2.56 bits per heavy atom. The summed E-state index contributed by atoms with van der Waals surface area (Å²) in [5, 5.41) is 3.23. The summed E-state index contributed by atoms with van der Waals surface area (Å²) in [5.41, 5.74) is 3.28. The average Bonchev–Trinajstić information content (AvgIpc) is 3.62. The Balaban J connectivity index is 1.12. The SMILES string of the molecule is O=C(NC1CCCC1)N(CC1CCN(Cc2nc3ccccc3[nH]2)CC1)c1ccc(N2CCOCC2)c(F)c1. The summed E-state index contributed by atoms with van der Waals surface area (Å²) < 4.78 is 20.7. The van der Waals surface area contributed by atoms with Gasteiger partial charge in [-0.25, -0.2) is 14.2 Å². The summed E-state index contributed by atoms with van der Waals surface area (Å²) >= 11 is 0. The van der Waals surface area contributed by atoms with E-state index in [0.717, 1.165) is 75.0 Å². The number of imidazole rings is 1. The van der Waals surface area contributed by atoms with Gasteiger partial charge in [0.1, 0.15) is 11.6 Å². The first kappa shape index (κ1) is 26.1. The number of fused-ring (bicyclic) bond motifs is 1. The lowest BCUT2D eigenvalue weighted by molar-refractivity contribution is 0.122. The molecule has 2 saturated heterocycles. The van der Waals surface area contributed by atoms with Crippen LogP contribution in [0.25, 0.3) is 11.0 Å². The molecule has 0 atom stereocenters. The number of aromatic amines is 1. The maximum absolute atomic E-state index is 15.3. The molecule has 1 saturated carbocycles. The number of nitrogens with zero attached hydrogens (tertiary/aromatic N) is 4. The van der Waals surface area contributed by atoms with E-state index in [1.54, 1.807) is 4.90 Å². The average molecular weight is 535 g/mol. The van der Waals surface area contributed by atoms with Crippen molar-refractivity contribution >= 4 is 28.4 Å². The van der Waals surface area contributed by atoms with Crippen LogP contribution in [0.5, 0.6) is 0 Å². The fraction of sp³-hybridized carbons (Fsp3) is 0.533.